The first-order chi connectivity index (χ1) is 15.2. The molecule has 148 valence electrons. The van der Waals surface area contributed by atoms with Crippen LogP contribution in [0.2, 0.25) is 5.02 Å². The minimum atomic E-state index is 0.510. The van der Waals surface area contributed by atoms with Gasteiger partial charge in [0.25, 0.3) is 0 Å². The quantitative estimate of drug-likeness (QED) is 0.349. The Morgan fingerprint density at radius 3 is 2.13 bits per heavy atom. The summed E-state index contributed by atoms with van der Waals surface area (Å²) in [5, 5.41) is 19.4. The van der Waals surface area contributed by atoms with Crippen molar-refractivity contribution in [1.29, 1.82) is 5.26 Å². The summed E-state index contributed by atoms with van der Waals surface area (Å²) in [6.07, 6.45) is 0. The molecule has 0 aliphatic heterocycles. The van der Waals surface area contributed by atoms with Gasteiger partial charge in [0.1, 0.15) is 11.8 Å². The first-order valence-corrected chi connectivity index (χ1v) is 10.2. The summed E-state index contributed by atoms with van der Waals surface area (Å²) in [5.41, 5.74) is 7.24. The maximum atomic E-state index is 10.2. The predicted octanol–water partition coefficient (Wildman–Crippen LogP) is 6.79. The van der Waals surface area contributed by atoms with Crippen molar-refractivity contribution in [2.24, 2.45) is 0 Å². The molecule has 0 aliphatic carbocycles. The Morgan fingerprint density at radius 2 is 1.45 bits per heavy atom. The Bertz CT molecular complexity index is 1430. The number of benzene rings is 3. The third kappa shape index (κ3) is 3.35. The van der Waals surface area contributed by atoms with Crippen molar-refractivity contribution in [3.05, 3.63) is 95.0 Å². The highest BCUT2D eigenvalue weighted by atomic mass is 35.5. The number of aromatic amines is 1. The Hall–Kier alpha value is -3.94. The zero-order valence-corrected chi connectivity index (χ0v) is 17.5. The van der Waals surface area contributed by atoms with Crippen molar-refractivity contribution < 1.29 is 0 Å². The van der Waals surface area contributed by atoms with Gasteiger partial charge in [-0.2, -0.15) is 10.4 Å². The lowest BCUT2D eigenvalue weighted by Crippen LogP contribution is -1.96. The highest BCUT2D eigenvalue weighted by molar-refractivity contribution is 6.30. The van der Waals surface area contributed by atoms with Crippen LogP contribution >= 0.6 is 11.6 Å². The summed E-state index contributed by atoms with van der Waals surface area (Å²) < 4.78 is 0. The molecule has 5 rings (SSSR count). The van der Waals surface area contributed by atoms with Crippen LogP contribution in [0, 0.1) is 18.3 Å². The van der Waals surface area contributed by atoms with Gasteiger partial charge in [0.15, 0.2) is 5.65 Å². The highest BCUT2D eigenvalue weighted by Crippen LogP contribution is 2.40. The van der Waals surface area contributed by atoms with Crippen LogP contribution in [0.15, 0.2) is 78.9 Å². The van der Waals surface area contributed by atoms with E-state index < -0.39 is 0 Å². The molecule has 2 heterocycles. The lowest BCUT2D eigenvalue weighted by atomic mass is 9.92. The number of rotatable bonds is 3. The van der Waals surface area contributed by atoms with Gasteiger partial charge < -0.3 is 0 Å². The van der Waals surface area contributed by atoms with Gasteiger partial charge >= 0.3 is 0 Å². The molecule has 0 amide bonds. The van der Waals surface area contributed by atoms with Crippen molar-refractivity contribution in [3.63, 3.8) is 0 Å². The van der Waals surface area contributed by atoms with Gasteiger partial charge in [-0.15, -0.1) is 0 Å². The van der Waals surface area contributed by atoms with E-state index >= 15 is 0 Å². The molecule has 31 heavy (non-hydrogen) atoms. The molecule has 4 nitrogen and oxygen atoms in total. The maximum Gasteiger partial charge on any atom is 0.157 e. The first kappa shape index (κ1) is 19.0. The summed E-state index contributed by atoms with van der Waals surface area (Å²) in [5.74, 6) is 0. The largest absolute Gasteiger partial charge is 0.260 e. The molecule has 0 unspecified atom stereocenters. The van der Waals surface area contributed by atoms with Gasteiger partial charge in [0.2, 0.25) is 0 Å². The van der Waals surface area contributed by atoms with E-state index in [-0.39, 0.29) is 0 Å². The molecule has 0 aliphatic rings. The molecule has 0 saturated heterocycles. The van der Waals surface area contributed by atoms with Crippen LogP contribution in [0.1, 0.15) is 11.1 Å². The Labute approximate surface area is 184 Å². The third-order valence-electron chi connectivity index (χ3n) is 5.32. The van der Waals surface area contributed by atoms with Crippen LogP contribution in [0.4, 0.5) is 0 Å². The van der Waals surface area contributed by atoms with E-state index in [9.17, 15) is 5.26 Å². The van der Waals surface area contributed by atoms with Crippen molar-refractivity contribution in [2.45, 2.75) is 6.92 Å². The van der Waals surface area contributed by atoms with Gasteiger partial charge in [-0.1, -0.05) is 83.9 Å². The standard InChI is InChI=1S/C26H17ClN4/c1-16-7-9-19(10-8-16)25-23-22(17-11-13-20(27)14-12-17)21(15-28)24(29-26(23)31-30-25)18-5-3-2-4-6-18/h2-14H,1H3,(H,29,30,31). The fourth-order valence-electron chi connectivity index (χ4n) is 3.80. The van der Waals surface area contributed by atoms with E-state index in [1.165, 1.54) is 5.56 Å². The van der Waals surface area contributed by atoms with Gasteiger partial charge in [-0.25, -0.2) is 4.98 Å². The van der Waals surface area contributed by atoms with Crippen LogP contribution < -0.4 is 0 Å². The number of nitrogens with zero attached hydrogens (tertiary/aromatic N) is 3. The van der Waals surface area contributed by atoms with E-state index in [2.05, 4.69) is 28.4 Å². The molecule has 2 aromatic heterocycles. The second-order valence-corrected chi connectivity index (χ2v) is 7.79. The maximum absolute atomic E-state index is 10.2. The molecule has 0 bridgehead atoms. The number of nitriles is 1. The Morgan fingerprint density at radius 1 is 0.806 bits per heavy atom. The van der Waals surface area contributed by atoms with Gasteiger partial charge in [-0.05, 0) is 24.6 Å². The fourth-order valence-corrected chi connectivity index (χ4v) is 3.93. The summed E-state index contributed by atoms with van der Waals surface area (Å²) >= 11 is 6.14. The second-order valence-electron chi connectivity index (χ2n) is 7.36. The Balaban J connectivity index is 1.90. The lowest BCUT2D eigenvalue weighted by Gasteiger charge is -2.12. The first-order valence-electron chi connectivity index (χ1n) is 9.86. The second kappa shape index (κ2) is 7.71. The molecule has 5 heteroatoms. The lowest BCUT2D eigenvalue weighted by molar-refractivity contribution is 1.10. The predicted molar refractivity (Wildman–Crippen MR) is 125 cm³/mol. The molecule has 5 aromatic rings. The minimum absolute atomic E-state index is 0.510. The molecule has 1 N–H and O–H groups in total. The number of fused-ring (bicyclic) bond motifs is 1. The van der Waals surface area contributed by atoms with Crippen LogP contribution in [0.25, 0.3) is 44.7 Å². The van der Waals surface area contributed by atoms with Gasteiger partial charge in [0, 0.05) is 21.7 Å². The van der Waals surface area contributed by atoms with Crippen molar-refractivity contribution in [3.8, 4) is 39.7 Å². The van der Waals surface area contributed by atoms with E-state index in [1.54, 1.807) is 0 Å². The van der Waals surface area contributed by atoms with Crippen molar-refractivity contribution in [2.75, 3.05) is 0 Å². The summed E-state index contributed by atoms with van der Waals surface area (Å²) in [7, 11) is 0. The van der Waals surface area contributed by atoms with Crippen LogP contribution in [0.5, 0.6) is 0 Å². The molecule has 0 fully saturated rings. The average Bonchev–Trinajstić information content (AvgIpc) is 3.23. The van der Waals surface area contributed by atoms with E-state index in [1.807, 2.05) is 73.7 Å². The fraction of sp³-hybridized carbons (Fsp3) is 0.0385. The number of nitrogens with one attached hydrogen (secondary N) is 1. The smallest absolute Gasteiger partial charge is 0.157 e. The highest BCUT2D eigenvalue weighted by Gasteiger charge is 2.22. The van der Waals surface area contributed by atoms with Crippen LogP contribution in [-0.2, 0) is 0 Å². The number of hydrogen-bond donors (Lipinski definition) is 1. The number of H-pyrrole nitrogens is 1. The monoisotopic (exact) mass is 420 g/mol. The van der Waals surface area contributed by atoms with Gasteiger partial charge in [0.05, 0.1) is 16.6 Å². The molecule has 0 saturated carbocycles. The normalized spacial score (nSPS) is 10.9. The summed E-state index contributed by atoms with van der Waals surface area (Å²) in [6.45, 7) is 2.05. The van der Waals surface area contributed by atoms with E-state index in [4.69, 9.17) is 16.6 Å². The molecule has 0 atom stereocenters. The molecule has 0 radical (unpaired) electrons. The van der Waals surface area contributed by atoms with Crippen molar-refractivity contribution >= 4 is 22.6 Å². The number of halogens is 1. The Kier molecular flexibility index (Phi) is 4.74. The summed E-state index contributed by atoms with van der Waals surface area (Å²) in [6, 6.07) is 27.8. The molecule has 0 spiro atoms. The zero-order valence-electron chi connectivity index (χ0n) is 16.7. The minimum Gasteiger partial charge on any atom is -0.260 e. The molecular weight excluding hydrogens is 404 g/mol. The van der Waals surface area contributed by atoms with Crippen molar-refractivity contribution in [1.82, 2.24) is 15.2 Å². The average molecular weight is 421 g/mol. The topological polar surface area (TPSA) is 65.4 Å². The van der Waals surface area contributed by atoms with E-state index in [0.717, 1.165) is 33.3 Å². The molecular formula is C26H17ClN4. The number of aromatic nitrogens is 3. The molecule has 3 aromatic carbocycles. The number of aryl methyl sites for hydroxylation is 1. The summed E-state index contributed by atoms with van der Waals surface area (Å²) in [4.78, 5) is 4.82. The SMILES string of the molecule is Cc1ccc(-c2n[nH]c3nc(-c4ccccc4)c(C#N)c(-c4ccc(Cl)cc4)c23)cc1. The zero-order chi connectivity index (χ0) is 21.4. The number of hydrogen-bond acceptors (Lipinski definition) is 3. The van der Waals surface area contributed by atoms with E-state index in [0.29, 0.717) is 21.9 Å². The van der Waals surface area contributed by atoms with Crippen LogP contribution in [-0.4, -0.2) is 15.2 Å². The third-order valence-corrected chi connectivity index (χ3v) is 5.58. The van der Waals surface area contributed by atoms with Crippen LogP contribution in [0.3, 0.4) is 0 Å². The van der Waals surface area contributed by atoms with Gasteiger partial charge in [-0.3, -0.25) is 5.10 Å². The number of pyridine rings is 1.